The maximum absolute atomic E-state index is 13.0. The summed E-state index contributed by atoms with van der Waals surface area (Å²) in [6.45, 7) is 8.86. The van der Waals surface area contributed by atoms with Crippen molar-refractivity contribution < 1.29 is 18.0 Å². The van der Waals surface area contributed by atoms with Crippen molar-refractivity contribution >= 4 is 33.2 Å². The summed E-state index contributed by atoms with van der Waals surface area (Å²) in [5.74, 6) is -0.853. The van der Waals surface area contributed by atoms with Gasteiger partial charge in [0.2, 0.25) is 15.9 Å². The number of benzene rings is 2. The van der Waals surface area contributed by atoms with Gasteiger partial charge in [0.1, 0.15) is 6.04 Å². The largest absolute Gasteiger partial charge is 0.350 e. The zero-order chi connectivity index (χ0) is 22.6. The molecule has 2 amide bonds. The highest BCUT2D eigenvalue weighted by atomic mass is 32.2. The minimum Gasteiger partial charge on any atom is -0.350 e. The fourth-order valence-electron chi connectivity index (χ4n) is 3.11. The molecule has 0 bridgehead atoms. The van der Waals surface area contributed by atoms with Gasteiger partial charge in [-0.25, -0.2) is 8.42 Å². The summed E-state index contributed by atoms with van der Waals surface area (Å²) in [6, 6.07) is 11.0. The Balaban J connectivity index is 2.38. The summed E-state index contributed by atoms with van der Waals surface area (Å²) >= 11 is 0. The molecule has 162 valence electrons. The maximum Gasteiger partial charge on any atom is 0.253 e. The molecule has 2 N–H and O–H groups in total. The number of rotatable bonds is 7. The number of hydrogen-bond donors (Lipinski definition) is 2. The zero-order valence-electron chi connectivity index (χ0n) is 18.2. The van der Waals surface area contributed by atoms with Crippen LogP contribution in [-0.4, -0.2) is 38.6 Å². The molecule has 0 aliphatic rings. The van der Waals surface area contributed by atoms with E-state index in [1.54, 1.807) is 37.3 Å². The van der Waals surface area contributed by atoms with E-state index in [9.17, 15) is 18.0 Å². The highest BCUT2D eigenvalue weighted by molar-refractivity contribution is 7.92. The average Bonchev–Trinajstić information content (AvgIpc) is 2.63. The molecule has 2 aromatic rings. The van der Waals surface area contributed by atoms with Crippen LogP contribution in [-0.2, 0) is 14.8 Å². The Morgan fingerprint density at radius 2 is 1.63 bits per heavy atom. The molecule has 0 aliphatic heterocycles. The average molecular weight is 432 g/mol. The van der Waals surface area contributed by atoms with Gasteiger partial charge >= 0.3 is 0 Å². The van der Waals surface area contributed by atoms with Gasteiger partial charge in [0, 0.05) is 6.04 Å². The Labute approximate surface area is 178 Å². The predicted molar refractivity (Wildman–Crippen MR) is 120 cm³/mol. The Morgan fingerprint density at radius 3 is 2.23 bits per heavy atom. The molecule has 1 atom stereocenters. The lowest BCUT2D eigenvalue weighted by Gasteiger charge is -2.30. The van der Waals surface area contributed by atoms with Crippen LogP contribution in [0.4, 0.5) is 11.4 Å². The number of anilines is 2. The smallest absolute Gasteiger partial charge is 0.253 e. The molecular formula is C22H29N3O4S. The topological polar surface area (TPSA) is 95.6 Å². The van der Waals surface area contributed by atoms with E-state index < -0.39 is 22.0 Å². The molecule has 8 heteroatoms. The quantitative estimate of drug-likeness (QED) is 0.704. The molecule has 0 aromatic heterocycles. The number of para-hydroxylation sites is 1. The van der Waals surface area contributed by atoms with Crippen molar-refractivity contribution in [3.05, 3.63) is 59.2 Å². The molecule has 0 saturated heterocycles. The first-order valence-electron chi connectivity index (χ1n) is 9.69. The summed E-state index contributed by atoms with van der Waals surface area (Å²) < 4.78 is 26.3. The van der Waals surface area contributed by atoms with Crippen molar-refractivity contribution in [1.29, 1.82) is 0 Å². The van der Waals surface area contributed by atoms with Gasteiger partial charge in [-0.2, -0.15) is 0 Å². The molecule has 0 saturated carbocycles. The van der Waals surface area contributed by atoms with E-state index in [4.69, 9.17) is 0 Å². The van der Waals surface area contributed by atoms with E-state index in [1.807, 2.05) is 32.9 Å². The summed E-state index contributed by atoms with van der Waals surface area (Å²) in [5.41, 5.74) is 2.70. The van der Waals surface area contributed by atoms with Crippen LogP contribution in [0.3, 0.4) is 0 Å². The van der Waals surface area contributed by atoms with Crippen LogP contribution in [0.1, 0.15) is 42.3 Å². The van der Waals surface area contributed by atoms with Gasteiger partial charge in [-0.1, -0.05) is 24.3 Å². The monoisotopic (exact) mass is 431 g/mol. The molecule has 0 aliphatic carbocycles. The number of carbonyl (C=O) groups excluding carboxylic acids is 2. The molecule has 0 heterocycles. The fourth-order valence-corrected chi connectivity index (χ4v) is 4.33. The Bertz CT molecular complexity index is 1050. The maximum atomic E-state index is 13.0. The number of nitrogens with one attached hydrogen (secondary N) is 2. The van der Waals surface area contributed by atoms with E-state index in [2.05, 4.69) is 10.6 Å². The lowest BCUT2D eigenvalue weighted by molar-refractivity contribution is -0.116. The second-order valence-electron chi connectivity index (χ2n) is 7.69. The molecule has 2 rings (SSSR count). The molecule has 7 nitrogen and oxygen atoms in total. The van der Waals surface area contributed by atoms with Crippen molar-refractivity contribution in [1.82, 2.24) is 5.32 Å². The van der Waals surface area contributed by atoms with Crippen LogP contribution >= 0.6 is 0 Å². The third-order valence-electron chi connectivity index (χ3n) is 4.54. The Morgan fingerprint density at radius 1 is 1.00 bits per heavy atom. The van der Waals surface area contributed by atoms with Crippen molar-refractivity contribution in [2.24, 2.45) is 0 Å². The molecular weight excluding hydrogens is 402 g/mol. The Kier molecular flexibility index (Phi) is 7.25. The highest BCUT2D eigenvalue weighted by Gasteiger charge is 2.30. The minimum absolute atomic E-state index is 0.0646. The standard InChI is InChI=1S/C22H29N3O4S/c1-14(2)23-22(27)18-9-7-8-10-19(18)24-21(26)17(5)25(30(6,28)29)20-13-15(3)11-12-16(20)4/h7-14,17H,1-6H3,(H,23,27)(H,24,26)/t17-/m1/s1. The van der Waals surface area contributed by atoms with Crippen molar-refractivity contribution in [2.75, 3.05) is 15.9 Å². The molecule has 0 spiro atoms. The number of nitrogens with zero attached hydrogens (tertiary/aromatic N) is 1. The van der Waals surface area contributed by atoms with Crippen molar-refractivity contribution in [3.8, 4) is 0 Å². The number of amides is 2. The van der Waals surface area contributed by atoms with E-state index >= 15 is 0 Å². The third-order valence-corrected chi connectivity index (χ3v) is 5.77. The fraction of sp³-hybridized carbons (Fsp3) is 0.364. The van der Waals surface area contributed by atoms with Crippen LogP contribution in [0.15, 0.2) is 42.5 Å². The normalized spacial score (nSPS) is 12.4. The van der Waals surface area contributed by atoms with Crippen LogP contribution in [0.5, 0.6) is 0 Å². The van der Waals surface area contributed by atoms with Gasteiger partial charge in [-0.05, 0) is 63.9 Å². The summed E-state index contributed by atoms with van der Waals surface area (Å²) in [5, 5.41) is 5.51. The van der Waals surface area contributed by atoms with Crippen LogP contribution in [0.2, 0.25) is 0 Å². The number of hydrogen-bond acceptors (Lipinski definition) is 4. The van der Waals surface area contributed by atoms with Crippen LogP contribution < -0.4 is 14.9 Å². The van der Waals surface area contributed by atoms with Crippen LogP contribution in [0.25, 0.3) is 0 Å². The van der Waals surface area contributed by atoms with Crippen LogP contribution in [0, 0.1) is 13.8 Å². The predicted octanol–water partition coefficient (Wildman–Crippen LogP) is 3.23. The summed E-state index contributed by atoms with van der Waals surface area (Å²) in [6.07, 6.45) is 1.07. The van der Waals surface area contributed by atoms with Gasteiger partial charge in [0.15, 0.2) is 0 Å². The number of aryl methyl sites for hydroxylation is 2. The van der Waals surface area contributed by atoms with E-state index in [-0.39, 0.29) is 11.9 Å². The third kappa shape index (κ3) is 5.60. The first kappa shape index (κ1) is 23.4. The minimum atomic E-state index is -3.74. The molecule has 0 fully saturated rings. The second-order valence-corrected chi connectivity index (χ2v) is 9.55. The van der Waals surface area contributed by atoms with Crippen molar-refractivity contribution in [2.45, 2.75) is 46.7 Å². The molecule has 0 radical (unpaired) electrons. The Hall–Kier alpha value is -2.87. The van der Waals surface area contributed by atoms with E-state index in [0.29, 0.717) is 16.9 Å². The summed E-state index contributed by atoms with van der Waals surface area (Å²) in [4.78, 5) is 25.5. The molecule has 0 unspecified atom stereocenters. The van der Waals surface area contributed by atoms with Gasteiger partial charge in [-0.3, -0.25) is 13.9 Å². The second kappa shape index (κ2) is 9.30. The first-order valence-corrected chi connectivity index (χ1v) is 11.5. The molecule has 2 aromatic carbocycles. The highest BCUT2D eigenvalue weighted by Crippen LogP contribution is 2.27. The van der Waals surface area contributed by atoms with Gasteiger partial charge < -0.3 is 10.6 Å². The van der Waals surface area contributed by atoms with Gasteiger partial charge in [0.05, 0.1) is 23.2 Å². The lowest BCUT2D eigenvalue weighted by Crippen LogP contribution is -2.46. The number of sulfonamides is 1. The van der Waals surface area contributed by atoms with Crippen molar-refractivity contribution in [3.63, 3.8) is 0 Å². The zero-order valence-corrected chi connectivity index (χ0v) is 19.0. The van der Waals surface area contributed by atoms with Gasteiger partial charge in [-0.15, -0.1) is 0 Å². The SMILES string of the molecule is Cc1ccc(C)c(N([C@H](C)C(=O)Nc2ccccc2C(=O)NC(C)C)S(C)(=O)=O)c1. The lowest BCUT2D eigenvalue weighted by atomic mass is 10.1. The number of carbonyl (C=O) groups is 2. The summed E-state index contributed by atoms with van der Waals surface area (Å²) in [7, 11) is -3.74. The first-order chi connectivity index (χ1) is 13.9. The molecule has 30 heavy (non-hydrogen) atoms. The van der Waals surface area contributed by atoms with E-state index in [0.717, 1.165) is 21.7 Å². The van der Waals surface area contributed by atoms with Gasteiger partial charge in [0.25, 0.3) is 5.91 Å². The van der Waals surface area contributed by atoms with E-state index in [1.165, 1.54) is 6.92 Å².